The second-order valence-electron chi connectivity index (χ2n) is 3.94. The van der Waals surface area contributed by atoms with Crippen molar-refractivity contribution in [2.24, 2.45) is 0 Å². The van der Waals surface area contributed by atoms with Gasteiger partial charge in [-0.25, -0.2) is 4.68 Å². The number of aromatic nitrogens is 5. The van der Waals surface area contributed by atoms with Crippen LogP contribution in [0.1, 0.15) is 17.5 Å². The molecule has 1 aromatic carbocycles. The Hall–Kier alpha value is -2.60. The Bertz CT molecular complexity index is 653. The number of aliphatic hydroxyl groups is 1. The zero-order chi connectivity index (χ0) is 13.1. The van der Waals surface area contributed by atoms with Crippen molar-refractivity contribution in [3.8, 4) is 5.69 Å². The fraction of sp³-hybridized carbons (Fsp3) is 0.0769. The molecule has 0 bridgehead atoms. The van der Waals surface area contributed by atoms with Crippen LogP contribution in [0.25, 0.3) is 5.69 Å². The first kappa shape index (κ1) is 11.5. The largest absolute Gasteiger partial charge is 0.380 e. The van der Waals surface area contributed by atoms with E-state index < -0.39 is 6.10 Å². The molecule has 0 fully saturated rings. The van der Waals surface area contributed by atoms with Gasteiger partial charge in [0.05, 0.1) is 29.5 Å². The van der Waals surface area contributed by atoms with Crippen LogP contribution in [0.15, 0.2) is 55.1 Å². The first-order valence-corrected chi connectivity index (χ1v) is 5.76. The minimum Gasteiger partial charge on any atom is -0.380 e. The monoisotopic (exact) mass is 253 g/mol. The molecule has 0 saturated carbocycles. The topological polar surface area (TPSA) is 76.7 Å². The van der Waals surface area contributed by atoms with Crippen LogP contribution in [0.4, 0.5) is 0 Å². The summed E-state index contributed by atoms with van der Waals surface area (Å²) in [6.45, 7) is 0. The fourth-order valence-electron chi connectivity index (χ4n) is 1.80. The highest BCUT2D eigenvalue weighted by Crippen LogP contribution is 2.20. The molecule has 1 atom stereocenters. The second-order valence-corrected chi connectivity index (χ2v) is 3.94. The van der Waals surface area contributed by atoms with Gasteiger partial charge in [-0.15, -0.1) is 5.10 Å². The van der Waals surface area contributed by atoms with Gasteiger partial charge in [-0.3, -0.25) is 9.97 Å². The summed E-state index contributed by atoms with van der Waals surface area (Å²) >= 11 is 0. The van der Waals surface area contributed by atoms with Crippen molar-refractivity contribution in [1.82, 2.24) is 25.0 Å². The Labute approximate surface area is 109 Å². The summed E-state index contributed by atoms with van der Waals surface area (Å²) in [6, 6.07) is 9.49. The molecule has 3 aromatic rings. The number of nitrogens with zero attached hydrogens (tertiary/aromatic N) is 5. The van der Waals surface area contributed by atoms with E-state index >= 15 is 0 Å². The van der Waals surface area contributed by atoms with Crippen molar-refractivity contribution in [3.05, 3.63) is 66.5 Å². The third-order valence-electron chi connectivity index (χ3n) is 2.72. The van der Waals surface area contributed by atoms with Gasteiger partial charge >= 0.3 is 0 Å². The standard InChI is InChI=1S/C13H11N5O/c19-13(11-8-14-6-7-15-11)12-9-16-17-18(12)10-4-2-1-3-5-10/h1-9,13,19H. The van der Waals surface area contributed by atoms with Crippen LogP contribution in [0, 0.1) is 0 Å². The van der Waals surface area contributed by atoms with E-state index in [4.69, 9.17) is 0 Å². The van der Waals surface area contributed by atoms with Gasteiger partial charge in [0.2, 0.25) is 0 Å². The molecule has 2 aromatic heterocycles. The molecule has 0 aliphatic heterocycles. The molecular formula is C13H11N5O. The zero-order valence-corrected chi connectivity index (χ0v) is 9.96. The summed E-state index contributed by atoms with van der Waals surface area (Å²) in [6.07, 6.45) is 5.22. The van der Waals surface area contributed by atoms with Gasteiger partial charge in [0.15, 0.2) is 0 Å². The van der Waals surface area contributed by atoms with Gasteiger partial charge in [0.1, 0.15) is 6.10 Å². The smallest absolute Gasteiger partial charge is 0.141 e. The molecule has 94 valence electrons. The first-order chi connectivity index (χ1) is 9.36. The minimum absolute atomic E-state index is 0.460. The third kappa shape index (κ3) is 2.21. The SMILES string of the molecule is OC(c1cnccn1)c1cnnn1-c1ccccc1. The number of hydrogen-bond acceptors (Lipinski definition) is 5. The van der Waals surface area contributed by atoms with Crippen LogP contribution in [0.3, 0.4) is 0 Å². The van der Waals surface area contributed by atoms with Crippen molar-refractivity contribution >= 4 is 0 Å². The summed E-state index contributed by atoms with van der Waals surface area (Å²) in [5.74, 6) is 0. The summed E-state index contributed by atoms with van der Waals surface area (Å²) < 4.78 is 1.58. The molecule has 0 aliphatic rings. The van der Waals surface area contributed by atoms with Crippen LogP contribution in [0.5, 0.6) is 0 Å². The van der Waals surface area contributed by atoms with Crippen LogP contribution in [-0.2, 0) is 0 Å². The summed E-state index contributed by atoms with van der Waals surface area (Å²) in [5, 5.41) is 18.2. The molecule has 0 aliphatic carbocycles. The van der Waals surface area contributed by atoms with E-state index in [1.54, 1.807) is 10.9 Å². The van der Waals surface area contributed by atoms with Crippen LogP contribution >= 0.6 is 0 Å². The van der Waals surface area contributed by atoms with Crippen molar-refractivity contribution < 1.29 is 5.11 Å². The minimum atomic E-state index is -0.913. The van der Waals surface area contributed by atoms with Gasteiger partial charge in [-0.2, -0.15) is 0 Å². The molecule has 6 nitrogen and oxygen atoms in total. The maximum atomic E-state index is 10.3. The molecule has 0 saturated heterocycles. The Morgan fingerprint density at radius 2 is 1.89 bits per heavy atom. The van der Waals surface area contributed by atoms with Crippen molar-refractivity contribution in [2.75, 3.05) is 0 Å². The van der Waals surface area contributed by atoms with E-state index in [0.717, 1.165) is 5.69 Å². The lowest BCUT2D eigenvalue weighted by Crippen LogP contribution is -2.10. The number of benzene rings is 1. The Balaban J connectivity index is 2.01. The van der Waals surface area contributed by atoms with Crippen LogP contribution in [-0.4, -0.2) is 30.1 Å². The number of para-hydroxylation sites is 1. The van der Waals surface area contributed by atoms with E-state index in [1.807, 2.05) is 30.3 Å². The highest BCUT2D eigenvalue weighted by molar-refractivity contribution is 5.33. The third-order valence-corrected chi connectivity index (χ3v) is 2.72. The lowest BCUT2D eigenvalue weighted by atomic mass is 10.2. The van der Waals surface area contributed by atoms with Gasteiger partial charge in [0, 0.05) is 12.4 Å². The summed E-state index contributed by atoms with van der Waals surface area (Å²) in [4.78, 5) is 8.03. The van der Waals surface area contributed by atoms with Crippen molar-refractivity contribution in [3.63, 3.8) is 0 Å². The molecule has 0 amide bonds. The molecule has 2 heterocycles. The van der Waals surface area contributed by atoms with Gasteiger partial charge < -0.3 is 5.11 Å². The lowest BCUT2D eigenvalue weighted by Gasteiger charge is -2.11. The predicted octanol–water partition coefficient (Wildman–Crippen LogP) is 1.14. The highest BCUT2D eigenvalue weighted by atomic mass is 16.3. The Kier molecular flexibility index (Phi) is 2.99. The Morgan fingerprint density at radius 3 is 2.63 bits per heavy atom. The number of aliphatic hydroxyl groups excluding tert-OH is 1. The number of hydrogen-bond donors (Lipinski definition) is 1. The normalized spacial score (nSPS) is 12.3. The maximum absolute atomic E-state index is 10.3. The maximum Gasteiger partial charge on any atom is 0.141 e. The lowest BCUT2D eigenvalue weighted by molar-refractivity contribution is 0.206. The second kappa shape index (κ2) is 4.95. The number of rotatable bonds is 3. The quantitative estimate of drug-likeness (QED) is 0.757. The van der Waals surface area contributed by atoms with E-state index in [0.29, 0.717) is 11.4 Å². The molecule has 0 spiro atoms. The average Bonchev–Trinajstić information content (AvgIpc) is 2.98. The van der Waals surface area contributed by atoms with E-state index in [1.165, 1.54) is 18.6 Å². The molecule has 3 rings (SSSR count). The van der Waals surface area contributed by atoms with Gasteiger partial charge in [-0.1, -0.05) is 23.4 Å². The molecule has 1 unspecified atom stereocenters. The van der Waals surface area contributed by atoms with Crippen molar-refractivity contribution in [1.29, 1.82) is 0 Å². The summed E-state index contributed by atoms with van der Waals surface area (Å²) in [7, 11) is 0. The first-order valence-electron chi connectivity index (χ1n) is 5.76. The van der Waals surface area contributed by atoms with Crippen molar-refractivity contribution in [2.45, 2.75) is 6.10 Å². The van der Waals surface area contributed by atoms with Crippen LogP contribution < -0.4 is 0 Å². The highest BCUT2D eigenvalue weighted by Gasteiger charge is 2.18. The zero-order valence-electron chi connectivity index (χ0n) is 9.96. The molecule has 19 heavy (non-hydrogen) atoms. The fourth-order valence-corrected chi connectivity index (χ4v) is 1.80. The van der Waals surface area contributed by atoms with Gasteiger partial charge in [0.25, 0.3) is 0 Å². The van der Waals surface area contributed by atoms with Crippen LogP contribution in [0.2, 0.25) is 0 Å². The molecule has 1 N–H and O–H groups in total. The Morgan fingerprint density at radius 1 is 1.05 bits per heavy atom. The van der Waals surface area contributed by atoms with E-state index in [-0.39, 0.29) is 0 Å². The predicted molar refractivity (Wildman–Crippen MR) is 67.5 cm³/mol. The summed E-state index contributed by atoms with van der Waals surface area (Å²) in [5.41, 5.74) is 1.84. The van der Waals surface area contributed by atoms with E-state index in [9.17, 15) is 5.11 Å². The molecule has 6 heteroatoms. The molecular weight excluding hydrogens is 242 g/mol. The molecule has 0 radical (unpaired) electrons. The van der Waals surface area contributed by atoms with E-state index in [2.05, 4.69) is 20.3 Å². The average molecular weight is 253 g/mol. The van der Waals surface area contributed by atoms with Gasteiger partial charge in [-0.05, 0) is 12.1 Å².